The molecule has 2 N–H and O–H groups in total. The molecule has 1 heterocycles. The van der Waals surface area contributed by atoms with Crippen LogP contribution in [0.2, 0.25) is 0 Å². The number of rotatable bonds is 3. The molecular formula is C14H19NO2. The molecule has 1 atom stereocenters. The minimum Gasteiger partial charge on any atom is -0.388 e. The maximum absolute atomic E-state index is 11.2. The van der Waals surface area contributed by atoms with E-state index in [1.165, 1.54) is 0 Å². The van der Waals surface area contributed by atoms with Crippen LogP contribution in [0.15, 0.2) is 24.3 Å². The van der Waals surface area contributed by atoms with Crippen LogP contribution in [0.1, 0.15) is 41.8 Å². The fraction of sp³-hybridized carbons (Fsp3) is 0.500. The second-order valence-corrected chi connectivity index (χ2v) is 4.71. The van der Waals surface area contributed by atoms with E-state index in [0.717, 1.165) is 31.5 Å². The Hall–Kier alpha value is -1.19. The first-order valence-electron chi connectivity index (χ1n) is 6.18. The van der Waals surface area contributed by atoms with Gasteiger partial charge in [-0.1, -0.05) is 24.3 Å². The molecule has 0 bridgehead atoms. The number of carbonyl (C=O) groups excluding carboxylic acids is 1. The summed E-state index contributed by atoms with van der Waals surface area (Å²) < 4.78 is 0. The number of benzene rings is 1. The highest BCUT2D eigenvalue weighted by Crippen LogP contribution is 2.28. The van der Waals surface area contributed by atoms with Crippen molar-refractivity contribution in [2.45, 2.75) is 25.9 Å². The Morgan fingerprint density at radius 2 is 1.88 bits per heavy atom. The van der Waals surface area contributed by atoms with E-state index in [2.05, 4.69) is 5.32 Å². The van der Waals surface area contributed by atoms with Crippen LogP contribution >= 0.6 is 0 Å². The lowest BCUT2D eigenvalue weighted by atomic mass is 9.88. The Balaban J connectivity index is 2.07. The van der Waals surface area contributed by atoms with Gasteiger partial charge in [-0.05, 0) is 44.3 Å². The third kappa shape index (κ3) is 2.93. The first-order chi connectivity index (χ1) is 8.18. The van der Waals surface area contributed by atoms with Gasteiger partial charge < -0.3 is 10.4 Å². The smallest absolute Gasteiger partial charge is 0.159 e. The summed E-state index contributed by atoms with van der Waals surface area (Å²) in [6.07, 6.45) is 1.61. The Morgan fingerprint density at radius 1 is 1.29 bits per heavy atom. The number of Topliss-reactive ketones (excluding diaryl/α,β-unsaturated/α-hetero) is 1. The van der Waals surface area contributed by atoms with Gasteiger partial charge in [0.05, 0.1) is 6.10 Å². The van der Waals surface area contributed by atoms with E-state index in [1.807, 2.05) is 12.1 Å². The fourth-order valence-electron chi connectivity index (χ4n) is 2.35. The molecule has 0 aromatic heterocycles. The van der Waals surface area contributed by atoms with Gasteiger partial charge in [0.2, 0.25) is 0 Å². The number of aliphatic hydroxyl groups excluding tert-OH is 1. The van der Waals surface area contributed by atoms with Gasteiger partial charge in [0, 0.05) is 5.56 Å². The zero-order chi connectivity index (χ0) is 12.3. The van der Waals surface area contributed by atoms with Crippen LogP contribution in [-0.4, -0.2) is 24.0 Å². The summed E-state index contributed by atoms with van der Waals surface area (Å²) in [5.41, 5.74) is 1.62. The SMILES string of the molecule is CC(=O)c1ccc(C(O)C2CCNCC2)cc1. The fourth-order valence-corrected chi connectivity index (χ4v) is 2.35. The van der Waals surface area contributed by atoms with Crippen molar-refractivity contribution in [3.8, 4) is 0 Å². The molecule has 1 unspecified atom stereocenters. The van der Waals surface area contributed by atoms with Crippen LogP contribution in [0.3, 0.4) is 0 Å². The average Bonchev–Trinajstić information content (AvgIpc) is 2.39. The number of carbonyl (C=O) groups is 1. The first kappa shape index (κ1) is 12.3. The number of piperidine rings is 1. The van der Waals surface area contributed by atoms with Crippen molar-refractivity contribution in [2.75, 3.05) is 13.1 Å². The molecule has 0 aliphatic carbocycles. The highest BCUT2D eigenvalue weighted by atomic mass is 16.3. The first-order valence-corrected chi connectivity index (χ1v) is 6.18. The topological polar surface area (TPSA) is 49.3 Å². The lowest BCUT2D eigenvalue weighted by Crippen LogP contribution is -2.30. The third-order valence-electron chi connectivity index (χ3n) is 3.49. The molecular weight excluding hydrogens is 214 g/mol. The number of nitrogens with one attached hydrogen (secondary N) is 1. The molecule has 1 saturated heterocycles. The second kappa shape index (κ2) is 5.43. The van der Waals surface area contributed by atoms with Crippen molar-refractivity contribution in [1.29, 1.82) is 0 Å². The van der Waals surface area contributed by atoms with E-state index in [4.69, 9.17) is 0 Å². The molecule has 1 aromatic rings. The van der Waals surface area contributed by atoms with Gasteiger partial charge in [0.25, 0.3) is 0 Å². The van der Waals surface area contributed by atoms with Gasteiger partial charge >= 0.3 is 0 Å². The van der Waals surface area contributed by atoms with Gasteiger partial charge in [-0.2, -0.15) is 0 Å². The van der Waals surface area contributed by atoms with Gasteiger partial charge in [-0.25, -0.2) is 0 Å². The van der Waals surface area contributed by atoms with Crippen molar-refractivity contribution in [1.82, 2.24) is 5.32 Å². The average molecular weight is 233 g/mol. The number of ketones is 1. The van der Waals surface area contributed by atoms with E-state index in [9.17, 15) is 9.90 Å². The molecule has 1 aliphatic heterocycles. The van der Waals surface area contributed by atoms with E-state index in [0.29, 0.717) is 11.5 Å². The van der Waals surface area contributed by atoms with Crippen molar-refractivity contribution < 1.29 is 9.90 Å². The minimum atomic E-state index is -0.405. The zero-order valence-electron chi connectivity index (χ0n) is 10.1. The summed E-state index contributed by atoms with van der Waals surface area (Å²) in [7, 11) is 0. The summed E-state index contributed by atoms with van der Waals surface area (Å²) in [6, 6.07) is 7.32. The Morgan fingerprint density at radius 3 is 2.41 bits per heavy atom. The highest BCUT2D eigenvalue weighted by molar-refractivity contribution is 5.94. The summed E-state index contributed by atoms with van der Waals surface area (Å²) in [5.74, 6) is 0.396. The van der Waals surface area contributed by atoms with Gasteiger partial charge in [0.15, 0.2) is 5.78 Å². The summed E-state index contributed by atoms with van der Waals surface area (Å²) in [4.78, 5) is 11.2. The molecule has 1 fully saturated rings. The Labute approximate surface area is 102 Å². The van der Waals surface area contributed by atoms with Gasteiger partial charge in [-0.15, -0.1) is 0 Å². The molecule has 1 aromatic carbocycles. The predicted molar refractivity (Wildman–Crippen MR) is 67.0 cm³/mol. The van der Waals surface area contributed by atoms with Gasteiger partial charge in [-0.3, -0.25) is 4.79 Å². The standard InChI is InChI=1S/C14H19NO2/c1-10(16)11-2-4-12(5-3-11)14(17)13-6-8-15-9-7-13/h2-5,13-15,17H,6-9H2,1H3. The highest BCUT2D eigenvalue weighted by Gasteiger charge is 2.22. The van der Waals surface area contributed by atoms with Crippen molar-refractivity contribution in [2.24, 2.45) is 5.92 Å². The van der Waals surface area contributed by atoms with E-state index in [-0.39, 0.29) is 5.78 Å². The van der Waals surface area contributed by atoms with E-state index < -0.39 is 6.10 Å². The zero-order valence-corrected chi connectivity index (χ0v) is 10.1. The number of hydrogen-bond acceptors (Lipinski definition) is 3. The molecule has 17 heavy (non-hydrogen) atoms. The number of hydrogen-bond donors (Lipinski definition) is 2. The van der Waals surface area contributed by atoms with E-state index in [1.54, 1.807) is 19.1 Å². The molecule has 3 nitrogen and oxygen atoms in total. The van der Waals surface area contributed by atoms with Crippen LogP contribution < -0.4 is 5.32 Å². The molecule has 92 valence electrons. The minimum absolute atomic E-state index is 0.0629. The normalized spacial score (nSPS) is 18.9. The molecule has 0 radical (unpaired) electrons. The number of aliphatic hydroxyl groups is 1. The Kier molecular flexibility index (Phi) is 3.92. The van der Waals surface area contributed by atoms with Crippen molar-refractivity contribution >= 4 is 5.78 Å². The molecule has 3 heteroatoms. The molecule has 0 amide bonds. The van der Waals surface area contributed by atoms with Crippen LogP contribution in [0.5, 0.6) is 0 Å². The van der Waals surface area contributed by atoms with Crippen molar-refractivity contribution in [3.63, 3.8) is 0 Å². The molecule has 0 spiro atoms. The Bertz CT molecular complexity index is 380. The third-order valence-corrected chi connectivity index (χ3v) is 3.49. The monoisotopic (exact) mass is 233 g/mol. The second-order valence-electron chi connectivity index (χ2n) is 4.71. The summed E-state index contributed by atoms with van der Waals surface area (Å²) in [6.45, 7) is 3.51. The van der Waals surface area contributed by atoms with Crippen molar-refractivity contribution in [3.05, 3.63) is 35.4 Å². The molecule has 2 rings (SSSR count). The largest absolute Gasteiger partial charge is 0.388 e. The lowest BCUT2D eigenvalue weighted by Gasteiger charge is -2.27. The molecule has 1 aliphatic rings. The lowest BCUT2D eigenvalue weighted by molar-refractivity contribution is 0.0888. The van der Waals surface area contributed by atoms with Gasteiger partial charge in [0.1, 0.15) is 0 Å². The maximum Gasteiger partial charge on any atom is 0.159 e. The van der Waals surface area contributed by atoms with E-state index >= 15 is 0 Å². The predicted octanol–water partition coefficient (Wildman–Crippen LogP) is 1.92. The molecule has 0 saturated carbocycles. The van der Waals surface area contributed by atoms with Crippen LogP contribution in [-0.2, 0) is 0 Å². The van der Waals surface area contributed by atoms with Crippen LogP contribution in [0.25, 0.3) is 0 Å². The summed E-state index contributed by atoms with van der Waals surface area (Å²) in [5, 5.41) is 13.6. The maximum atomic E-state index is 11.2. The quantitative estimate of drug-likeness (QED) is 0.784. The van der Waals surface area contributed by atoms with Crippen LogP contribution in [0.4, 0.5) is 0 Å². The van der Waals surface area contributed by atoms with Crippen LogP contribution in [0, 0.1) is 5.92 Å². The summed E-state index contributed by atoms with van der Waals surface area (Å²) >= 11 is 0.